The van der Waals surface area contributed by atoms with Gasteiger partial charge in [0.05, 0.1) is 5.92 Å². The van der Waals surface area contributed by atoms with Crippen molar-refractivity contribution in [2.24, 2.45) is 5.92 Å². The molecule has 0 bridgehead atoms. The molecule has 2 aliphatic rings. The summed E-state index contributed by atoms with van der Waals surface area (Å²) in [6, 6.07) is 0.557. The van der Waals surface area contributed by atoms with Gasteiger partial charge in [-0.1, -0.05) is 43.2 Å². The van der Waals surface area contributed by atoms with E-state index in [9.17, 15) is 19.4 Å². The first-order valence-corrected chi connectivity index (χ1v) is 34.6. The average molecular weight is 902 g/mol. The van der Waals surface area contributed by atoms with Crippen LogP contribution >= 0.6 is 13.8 Å². The molecular weight excluding hydrogens is 831 g/mol. The van der Waals surface area contributed by atoms with E-state index in [2.05, 4.69) is 52.4 Å². The highest BCUT2D eigenvalue weighted by atomic mass is 32.9. The molecule has 303 valence electrons. The zero-order valence-electron chi connectivity index (χ0n) is 29.7. The molecule has 2 aliphatic carbocycles. The average Bonchev–Trinajstić information content (AvgIpc) is 2.95. The lowest BCUT2D eigenvalue weighted by Crippen LogP contribution is -2.53. The van der Waals surface area contributed by atoms with Gasteiger partial charge >= 0.3 is 29.8 Å². The van der Waals surface area contributed by atoms with Crippen LogP contribution in [0, 0.1) is 5.92 Å². The molecule has 0 aromatic rings. The molecule has 51 heavy (non-hydrogen) atoms. The van der Waals surface area contributed by atoms with Gasteiger partial charge in [0.1, 0.15) is 56.4 Å². The van der Waals surface area contributed by atoms with Crippen molar-refractivity contribution in [3.05, 3.63) is 12.2 Å². The van der Waals surface area contributed by atoms with E-state index in [0.717, 1.165) is 70.4 Å². The van der Waals surface area contributed by atoms with E-state index in [4.69, 9.17) is 44.2 Å². The number of ether oxygens (including phenoxy) is 2. The van der Waals surface area contributed by atoms with E-state index in [-0.39, 0.29) is 71.1 Å². The zero-order valence-corrected chi connectivity index (χ0v) is 38.7. The topological polar surface area (TPSA) is 126 Å². The highest BCUT2D eigenvalue weighted by Gasteiger charge is 2.43. The van der Waals surface area contributed by atoms with Crippen molar-refractivity contribution in [3.63, 3.8) is 0 Å². The molecule has 4 unspecified atom stereocenters. The Hall–Kier alpha value is 0.828. The molecule has 4 atom stereocenters. The van der Waals surface area contributed by atoms with Gasteiger partial charge < -0.3 is 31.6 Å². The van der Waals surface area contributed by atoms with Crippen LogP contribution < -0.4 is 9.79 Å². The minimum Gasteiger partial charge on any atom is -0.619 e. The number of hydrogen-bond acceptors (Lipinski definition) is 11. The van der Waals surface area contributed by atoms with Gasteiger partial charge in [-0.05, 0) is 111 Å². The first-order valence-electron chi connectivity index (χ1n) is 16.1. The Bertz CT molecular complexity index is 1180. The van der Waals surface area contributed by atoms with Gasteiger partial charge in [0.2, 0.25) is 0 Å². The van der Waals surface area contributed by atoms with Crippen LogP contribution in [0.3, 0.4) is 0 Å². The lowest BCUT2D eigenvalue weighted by molar-refractivity contribution is -0.157. The molecule has 9 nitrogen and oxygen atoms in total. The zero-order chi connectivity index (χ0) is 36.2. The van der Waals surface area contributed by atoms with Crippen LogP contribution in [0.2, 0.25) is 58.4 Å². The van der Waals surface area contributed by atoms with Gasteiger partial charge in [-0.2, -0.15) is 0 Å². The summed E-state index contributed by atoms with van der Waals surface area (Å²) >= 11 is 9.59. The van der Waals surface area contributed by atoms with Crippen LogP contribution in [0.15, 0.2) is 12.2 Å². The van der Waals surface area contributed by atoms with Crippen molar-refractivity contribution < 1.29 is 41.2 Å². The van der Waals surface area contributed by atoms with Gasteiger partial charge in [-0.15, -0.1) is 0 Å². The first kappa shape index (κ1) is 58.5. The molecule has 2 saturated carbocycles. The van der Waals surface area contributed by atoms with E-state index < -0.39 is 48.3 Å². The van der Waals surface area contributed by atoms with Crippen molar-refractivity contribution in [2.75, 3.05) is 0 Å². The number of carbonyl (C=O) groups excluding carboxylic acids is 2. The normalized spacial score (nSPS) is 22.5. The third-order valence-corrected chi connectivity index (χ3v) is 27.2. The Balaban J connectivity index is -0.000000472. The maximum absolute atomic E-state index is 12.8. The predicted octanol–water partition coefficient (Wildman–Crippen LogP) is 8.78. The third kappa shape index (κ3) is 24.9. The van der Waals surface area contributed by atoms with Gasteiger partial charge in [-0.3, -0.25) is 4.79 Å². The summed E-state index contributed by atoms with van der Waals surface area (Å²) in [6.07, 6.45) is 6.17. The standard InChI is InChI=1S/C18H40O6PS2Si4.C10H15O3PS2.4CH4/c1-15(18(19)21-16-10-12-17(13-11-16)25(20)27-26)14-31(9,24-30(6,7)8)23-28(2)22-29(3,4)5;1-7(2)10(11)13-8-3-5-9(6-4-8)14(12)16-15;;;;/h15-17H,10-14H2,1-9H3;8-9H,1,3-6H2,2H3;4*1H4. The lowest BCUT2D eigenvalue weighted by Gasteiger charge is -2.37. The largest absolute Gasteiger partial charge is 0.619 e. The maximum atomic E-state index is 12.8. The van der Waals surface area contributed by atoms with E-state index >= 15 is 0 Å². The quantitative estimate of drug-likeness (QED) is 0.0719. The van der Waals surface area contributed by atoms with Crippen molar-refractivity contribution in [1.82, 2.24) is 0 Å². The van der Waals surface area contributed by atoms with Gasteiger partial charge in [0.15, 0.2) is 16.6 Å². The lowest BCUT2D eigenvalue weighted by atomic mass is 9.97. The summed E-state index contributed by atoms with van der Waals surface area (Å²) in [5, 5.41) is 0. The Kier molecular flexibility index (Phi) is 31.5. The van der Waals surface area contributed by atoms with Gasteiger partial charge in [0, 0.05) is 34.0 Å². The summed E-state index contributed by atoms with van der Waals surface area (Å²) in [5.74, 6) is -0.819. The second kappa shape index (κ2) is 27.4. The van der Waals surface area contributed by atoms with Crippen LogP contribution in [0.1, 0.15) is 94.9 Å². The Morgan fingerprint density at radius 3 is 1.51 bits per heavy atom. The van der Waals surface area contributed by atoms with Crippen LogP contribution in [-0.2, 0) is 72.8 Å². The molecule has 0 spiro atoms. The number of carbonyl (C=O) groups is 2. The van der Waals surface area contributed by atoms with E-state index in [0.29, 0.717) is 11.6 Å². The SMILES string of the molecule is C.C.C.C.C=C(C)C(=O)OC1CCC([P+]([O-])=S=S)CC1.CC(C[Si](C)(O[Si](C)O[Si](C)(C)C)O[Si](C)(C)C)C(=O)OC1CCC([P+]([O-])=S=S)CC1. The number of rotatable bonds is 14. The molecule has 0 aliphatic heterocycles. The molecule has 19 heteroatoms. The number of hydrogen-bond donors (Lipinski definition) is 0. The molecule has 0 aromatic carbocycles. The summed E-state index contributed by atoms with van der Waals surface area (Å²) in [4.78, 5) is 47.5. The van der Waals surface area contributed by atoms with E-state index in [1.807, 2.05) is 13.5 Å². The van der Waals surface area contributed by atoms with Crippen molar-refractivity contribution in [1.29, 1.82) is 0 Å². The predicted molar refractivity (Wildman–Crippen MR) is 236 cm³/mol. The fourth-order valence-electron chi connectivity index (χ4n) is 5.55. The Morgan fingerprint density at radius 2 is 1.18 bits per heavy atom. The third-order valence-electron chi connectivity index (χ3n) is 7.35. The summed E-state index contributed by atoms with van der Waals surface area (Å²) < 4.78 is 30.3. The summed E-state index contributed by atoms with van der Waals surface area (Å²) in [5.41, 5.74) is 0.766. The monoisotopic (exact) mass is 901 g/mol. The molecule has 2 fully saturated rings. The van der Waals surface area contributed by atoms with Gasteiger partial charge in [-0.25, -0.2) is 4.79 Å². The van der Waals surface area contributed by atoms with Crippen LogP contribution in [0.25, 0.3) is 0 Å². The molecule has 1 radical (unpaired) electrons. The molecule has 0 aromatic heterocycles. The second-order valence-electron chi connectivity index (χ2n) is 14.5. The van der Waals surface area contributed by atoms with Crippen LogP contribution in [-0.4, -0.2) is 69.9 Å². The van der Waals surface area contributed by atoms with Crippen molar-refractivity contribution in [2.45, 2.75) is 177 Å². The van der Waals surface area contributed by atoms with Gasteiger partial charge in [0.25, 0.3) is 0 Å². The minimum absolute atomic E-state index is 0. The Labute approximate surface area is 335 Å². The maximum Gasteiger partial charge on any atom is 0.360 e. The highest BCUT2D eigenvalue weighted by molar-refractivity contribution is 8.34. The fraction of sp³-hybridized carbons (Fsp3) is 0.875. The smallest absolute Gasteiger partial charge is 0.360 e. The van der Waals surface area contributed by atoms with Crippen molar-refractivity contribution in [3.8, 4) is 0 Å². The van der Waals surface area contributed by atoms with E-state index in [1.54, 1.807) is 6.92 Å². The fourth-order valence-corrected chi connectivity index (χ4v) is 25.5. The molecular formula is C32H71O9P2S4Si4. The Morgan fingerprint density at radius 1 is 0.784 bits per heavy atom. The summed E-state index contributed by atoms with van der Waals surface area (Å²) in [6.45, 7) is 21.4. The number of esters is 2. The first-order chi connectivity index (χ1) is 21.6. The van der Waals surface area contributed by atoms with Crippen molar-refractivity contribution >= 4 is 102 Å². The minimum atomic E-state index is -2.62. The molecule has 0 N–H and O–H groups in total. The molecule has 0 saturated heterocycles. The summed E-state index contributed by atoms with van der Waals surface area (Å²) in [7, 11) is -5.60. The molecule has 0 amide bonds. The van der Waals surface area contributed by atoms with Crippen LogP contribution in [0.4, 0.5) is 0 Å². The molecule has 2 rings (SSSR count). The highest BCUT2D eigenvalue weighted by Crippen LogP contribution is 2.36. The van der Waals surface area contributed by atoms with Crippen LogP contribution in [0.5, 0.6) is 0 Å². The van der Waals surface area contributed by atoms with E-state index in [1.165, 1.54) is 0 Å². The molecule has 0 heterocycles. The second-order valence-corrected chi connectivity index (χ2v) is 37.7.